The van der Waals surface area contributed by atoms with E-state index in [0.717, 1.165) is 5.69 Å². The normalized spacial score (nSPS) is 11.0. The zero-order valence-electron chi connectivity index (χ0n) is 11.4. The van der Waals surface area contributed by atoms with Crippen molar-refractivity contribution in [3.05, 3.63) is 35.5 Å². The molecule has 0 spiro atoms. The Balaban J connectivity index is 2.38. The number of aliphatic hydroxyl groups excluding tert-OH is 1. The van der Waals surface area contributed by atoms with Gasteiger partial charge in [0.25, 0.3) is 0 Å². The average Bonchev–Trinajstić information content (AvgIpc) is 2.67. The Bertz CT molecular complexity index is 576. The van der Waals surface area contributed by atoms with Crippen LogP contribution < -0.4 is 10.5 Å². The summed E-state index contributed by atoms with van der Waals surface area (Å²) in [5.41, 5.74) is 8.16. The van der Waals surface area contributed by atoms with E-state index < -0.39 is 0 Å². The molecule has 1 aromatic heterocycles. The first-order valence-corrected chi connectivity index (χ1v) is 6.23. The summed E-state index contributed by atoms with van der Waals surface area (Å²) in [5.74, 6) is 1.33. The fraction of sp³-hybridized carbons (Fsp3) is 0.357. The predicted octanol–water partition coefficient (Wildman–Crippen LogP) is 2.41. The summed E-state index contributed by atoms with van der Waals surface area (Å²) >= 11 is 0. The van der Waals surface area contributed by atoms with Crippen LogP contribution in [-0.4, -0.2) is 14.9 Å². The minimum Gasteiger partial charge on any atom is -0.437 e. The third-order valence-electron chi connectivity index (χ3n) is 2.95. The van der Waals surface area contributed by atoms with Crippen LogP contribution in [0.2, 0.25) is 0 Å². The zero-order valence-corrected chi connectivity index (χ0v) is 11.4. The third-order valence-corrected chi connectivity index (χ3v) is 2.95. The van der Waals surface area contributed by atoms with E-state index in [1.165, 1.54) is 0 Å². The summed E-state index contributed by atoms with van der Waals surface area (Å²) in [5, 5.41) is 13.7. The molecule has 0 saturated carbocycles. The molecule has 102 valence electrons. The molecule has 2 rings (SSSR count). The van der Waals surface area contributed by atoms with Gasteiger partial charge in [-0.15, -0.1) is 0 Å². The average molecular weight is 261 g/mol. The van der Waals surface area contributed by atoms with Crippen molar-refractivity contribution in [3.63, 3.8) is 0 Å². The van der Waals surface area contributed by atoms with Crippen molar-refractivity contribution < 1.29 is 9.84 Å². The molecular weight excluding hydrogens is 242 g/mol. The molecule has 19 heavy (non-hydrogen) atoms. The fourth-order valence-electron chi connectivity index (χ4n) is 1.93. The number of nitrogens with zero attached hydrogens (tertiary/aromatic N) is 2. The minimum absolute atomic E-state index is 0.0784. The van der Waals surface area contributed by atoms with Crippen LogP contribution in [0.15, 0.2) is 24.3 Å². The van der Waals surface area contributed by atoms with E-state index in [-0.39, 0.29) is 12.5 Å². The van der Waals surface area contributed by atoms with Crippen LogP contribution >= 0.6 is 0 Å². The van der Waals surface area contributed by atoms with Gasteiger partial charge in [-0.05, 0) is 12.0 Å². The van der Waals surface area contributed by atoms with Gasteiger partial charge >= 0.3 is 0 Å². The molecule has 2 aromatic rings. The second-order valence-corrected chi connectivity index (χ2v) is 4.75. The molecular formula is C14H19N3O2. The summed E-state index contributed by atoms with van der Waals surface area (Å²) in [6.07, 6.45) is 0. The first-order chi connectivity index (χ1) is 9.04. The van der Waals surface area contributed by atoms with E-state index in [0.29, 0.717) is 22.9 Å². The smallest absolute Gasteiger partial charge is 0.241 e. The van der Waals surface area contributed by atoms with Gasteiger partial charge in [0.05, 0.1) is 12.3 Å². The van der Waals surface area contributed by atoms with Crippen LogP contribution in [0.25, 0.3) is 0 Å². The van der Waals surface area contributed by atoms with Gasteiger partial charge in [0.15, 0.2) is 0 Å². The molecule has 0 amide bonds. The van der Waals surface area contributed by atoms with Crippen LogP contribution in [-0.2, 0) is 13.7 Å². The lowest BCUT2D eigenvalue weighted by molar-refractivity contribution is 0.275. The Morgan fingerprint density at radius 3 is 2.63 bits per heavy atom. The van der Waals surface area contributed by atoms with E-state index in [1.54, 1.807) is 17.8 Å². The molecule has 0 unspecified atom stereocenters. The summed E-state index contributed by atoms with van der Waals surface area (Å²) < 4.78 is 7.43. The minimum atomic E-state index is -0.0784. The quantitative estimate of drug-likeness (QED) is 0.886. The largest absolute Gasteiger partial charge is 0.437 e. The van der Waals surface area contributed by atoms with Gasteiger partial charge in [-0.25, -0.2) is 4.68 Å². The highest BCUT2D eigenvalue weighted by Gasteiger charge is 2.18. The molecule has 0 saturated heterocycles. The Morgan fingerprint density at radius 2 is 2.05 bits per heavy atom. The highest BCUT2D eigenvalue weighted by molar-refractivity contribution is 5.56. The molecule has 5 nitrogen and oxygen atoms in total. The number of ether oxygens (including phenoxy) is 1. The van der Waals surface area contributed by atoms with E-state index in [1.807, 2.05) is 32.0 Å². The Labute approximate surface area is 112 Å². The third kappa shape index (κ3) is 2.56. The number of aromatic nitrogens is 2. The lowest BCUT2D eigenvalue weighted by Gasteiger charge is -2.10. The monoisotopic (exact) mass is 261 g/mol. The number of hydrogen-bond donors (Lipinski definition) is 2. The van der Waals surface area contributed by atoms with Gasteiger partial charge in [-0.2, -0.15) is 5.10 Å². The summed E-state index contributed by atoms with van der Waals surface area (Å²) in [6, 6.07) is 7.31. The SMILES string of the molecule is CC(C)c1nn(C)c(Oc2ccccc2CO)c1N. The number of benzene rings is 1. The molecule has 0 aliphatic carbocycles. The number of aryl methyl sites for hydroxylation is 1. The van der Waals surface area contributed by atoms with Crippen LogP contribution in [0.5, 0.6) is 11.6 Å². The van der Waals surface area contributed by atoms with Gasteiger partial charge in [0.1, 0.15) is 11.4 Å². The number of nitrogen functional groups attached to an aromatic ring is 1. The van der Waals surface area contributed by atoms with Crippen LogP contribution in [0, 0.1) is 0 Å². The molecule has 0 aliphatic rings. The number of nitrogens with two attached hydrogens (primary N) is 1. The van der Waals surface area contributed by atoms with Crippen molar-refractivity contribution >= 4 is 5.69 Å². The van der Waals surface area contributed by atoms with Crippen molar-refractivity contribution in [2.24, 2.45) is 7.05 Å². The van der Waals surface area contributed by atoms with Gasteiger partial charge in [-0.3, -0.25) is 0 Å². The fourth-order valence-corrected chi connectivity index (χ4v) is 1.93. The van der Waals surface area contributed by atoms with E-state index in [9.17, 15) is 5.11 Å². The lowest BCUT2D eigenvalue weighted by atomic mass is 10.1. The first-order valence-electron chi connectivity index (χ1n) is 6.23. The predicted molar refractivity (Wildman–Crippen MR) is 74.1 cm³/mol. The molecule has 0 bridgehead atoms. The van der Waals surface area contributed by atoms with Crippen LogP contribution in [0.1, 0.15) is 31.0 Å². The van der Waals surface area contributed by atoms with E-state index >= 15 is 0 Å². The molecule has 3 N–H and O–H groups in total. The van der Waals surface area contributed by atoms with Gasteiger partial charge in [-0.1, -0.05) is 32.0 Å². The standard InChI is InChI=1S/C14H19N3O2/c1-9(2)13-12(15)14(17(3)16-13)19-11-7-5-4-6-10(11)8-18/h4-7,9,18H,8,15H2,1-3H3. The molecule has 0 atom stereocenters. The van der Waals surface area contributed by atoms with Gasteiger partial charge in [0.2, 0.25) is 5.88 Å². The maximum atomic E-state index is 9.29. The summed E-state index contributed by atoms with van der Waals surface area (Å²) in [4.78, 5) is 0. The van der Waals surface area contributed by atoms with E-state index in [2.05, 4.69) is 5.10 Å². The maximum Gasteiger partial charge on any atom is 0.241 e. The van der Waals surface area contributed by atoms with Gasteiger partial charge in [0, 0.05) is 12.6 Å². The Kier molecular flexibility index (Phi) is 3.76. The second kappa shape index (κ2) is 5.32. The Morgan fingerprint density at radius 1 is 1.37 bits per heavy atom. The summed E-state index contributed by atoms with van der Waals surface area (Å²) in [7, 11) is 1.79. The topological polar surface area (TPSA) is 73.3 Å². The first kappa shape index (κ1) is 13.4. The molecule has 5 heteroatoms. The number of anilines is 1. The molecule has 0 radical (unpaired) electrons. The Hall–Kier alpha value is -2.01. The zero-order chi connectivity index (χ0) is 14.0. The van der Waals surface area contributed by atoms with Crippen molar-refractivity contribution in [3.8, 4) is 11.6 Å². The molecule has 1 aromatic carbocycles. The van der Waals surface area contributed by atoms with Crippen molar-refractivity contribution in [1.29, 1.82) is 0 Å². The number of aliphatic hydroxyl groups is 1. The number of para-hydroxylation sites is 1. The van der Waals surface area contributed by atoms with Crippen LogP contribution in [0.4, 0.5) is 5.69 Å². The number of hydrogen-bond acceptors (Lipinski definition) is 4. The van der Waals surface area contributed by atoms with Crippen molar-refractivity contribution in [2.45, 2.75) is 26.4 Å². The van der Waals surface area contributed by atoms with Gasteiger partial charge < -0.3 is 15.6 Å². The maximum absolute atomic E-state index is 9.29. The summed E-state index contributed by atoms with van der Waals surface area (Å²) in [6.45, 7) is 3.99. The molecule has 0 fully saturated rings. The highest BCUT2D eigenvalue weighted by Crippen LogP contribution is 2.34. The molecule has 0 aliphatic heterocycles. The second-order valence-electron chi connectivity index (χ2n) is 4.75. The lowest BCUT2D eigenvalue weighted by Crippen LogP contribution is -1.99. The number of rotatable bonds is 4. The van der Waals surface area contributed by atoms with Crippen molar-refractivity contribution in [1.82, 2.24) is 9.78 Å². The molecule has 1 heterocycles. The van der Waals surface area contributed by atoms with Crippen LogP contribution in [0.3, 0.4) is 0 Å². The highest BCUT2D eigenvalue weighted by atomic mass is 16.5. The van der Waals surface area contributed by atoms with E-state index in [4.69, 9.17) is 10.5 Å². The van der Waals surface area contributed by atoms with Crippen molar-refractivity contribution in [2.75, 3.05) is 5.73 Å².